The van der Waals surface area contributed by atoms with Crippen LogP contribution in [0.1, 0.15) is 28.4 Å². The molecule has 0 bridgehead atoms. The molecule has 1 amide bonds. The number of amides is 1. The summed E-state index contributed by atoms with van der Waals surface area (Å²) >= 11 is 0. The molecule has 2 heterocycles. The number of aromatic nitrogens is 3. The van der Waals surface area contributed by atoms with E-state index in [2.05, 4.69) is 21.3 Å². The number of fused-ring (bicyclic) bond motifs is 1. The van der Waals surface area contributed by atoms with Crippen LogP contribution in [0.3, 0.4) is 0 Å². The average Bonchev–Trinajstić information content (AvgIpc) is 3.34. The first-order chi connectivity index (χ1) is 16.0. The van der Waals surface area contributed by atoms with Gasteiger partial charge in [-0.1, -0.05) is 12.1 Å². The lowest BCUT2D eigenvalue weighted by Gasteiger charge is -2.19. The van der Waals surface area contributed by atoms with Crippen molar-refractivity contribution in [1.82, 2.24) is 20.1 Å². The second-order valence-corrected chi connectivity index (χ2v) is 7.45. The molecule has 0 aliphatic rings. The van der Waals surface area contributed by atoms with E-state index in [1.807, 2.05) is 25.1 Å². The van der Waals surface area contributed by atoms with Crippen molar-refractivity contribution in [3.63, 3.8) is 0 Å². The molecule has 0 aliphatic heterocycles. The summed E-state index contributed by atoms with van der Waals surface area (Å²) in [6.45, 7) is 2.68. The second-order valence-electron chi connectivity index (χ2n) is 7.45. The number of carbonyl (C=O) groups is 1. The molecular weight excluding hydrogens is 418 g/mol. The van der Waals surface area contributed by atoms with Crippen LogP contribution in [0.15, 0.2) is 54.9 Å². The Morgan fingerprint density at radius 3 is 2.82 bits per heavy atom. The van der Waals surface area contributed by atoms with E-state index in [0.29, 0.717) is 35.9 Å². The molecule has 0 atom stereocenters. The van der Waals surface area contributed by atoms with E-state index in [9.17, 15) is 10.1 Å². The number of nitriles is 1. The highest BCUT2D eigenvalue weighted by atomic mass is 16.5. The van der Waals surface area contributed by atoms with Crippen molar-refractivity contribution < 1.29 is 14.3 Å². The van der Waals surface area contributed by atoms with Crippen LogP contribution in [0.5, 0.6) is 11.6 Å². The van der Waals surface area contributed by atoms with Gasteiger partial charge >= 0.3 is 0 Å². The van der Waals surface area contributed by atoms with Gasteiger partial charge in [0.15, 0.2) is 0 Å². The zero-order chi connectivity index (χ0) is 23.4. The third-order valence-electron chi connectivity index (χ3n) is 5.31. The van der Waals surface area contributed by atoms with Gasteiger partial charge in [0, 0.05) is 36.5 Å². The Labute approximate surface area is 191 Å². The normalized spacial score (nSPS) is 10.6. The SMILES string of the molecule is CCOc1cc(C(=O)N(C)Cc2cnc(OC)c3cn[nH]c23)ccc1-c1cccc(C#N)c1. The molecule has 33 heavy (non-hydrogen) atoms. The number of rotatable bonds is 7. The van der Waals surface area contributed by atoms with Crippen LogP contribution >= 0.6 is 0 Å². The van der Waals surface area contributed by atoms with Gasteiger partial charge in [0.2, 0.25) is 5.88 Å². The summed E-state index contributed by atoms with van der Waals surface area (Å²) < 4.78 is 11.1. The maximum absolute atomic E-state index is 13.2. The first-order valence-corrected chi connectivity index (χ1v) is 10.4. The van der Waals surface area contributed by atoms with Gasteiger partial charge in [0.05, 0.1) is 42.4 Å². The number of carbonyl (C=O) groups excluding carboxylic acids is 1. The lowest BCUT2D eigenvalue weighted by Crippen LogP contribution is -2.26. The number of nitrogens with one attached hydrogen (secondary N) is 1. The molecule has 2 aromatic carbocycles. The van der Waals surface area contributed by atoms with Crippen LogP contribution in [0.2, 0.25) is 0 Å². The van der Waals surface area contributed by atoms with Gasteiger partial charge in [0.25, 0.3) is 5.91 Å². The molecule has 0 unspecified atom stereocenters. The van der Waals surface area contributed by atoms with Gasteiger partial charge in [0.1, 0.15) is 5.75 Å². The van der Waals surface area contributed by atoms with Crippen molar-refractivity contribution in [3.05, 3.63) is 71.5 Å². The fraction of sp³-hybridized carbons (Fsp3) is 0.200. The van der Waals surface area contributed by atoms with Gasteiger partial charge in [-0.25, -0.2) is 4.98 Å². The number of nitrogens with zero attached hydrogens (tertiary/aromatic N) is 4. The summed E-state index contributed by atoms with van der Waals surface area (Å²) in [5, 5.41) is 17.0. The minimum absolute atomic E-state index is 0.156. The van der Waals surface area contributed by atoms with Crippen molar-refractivity contribution in [2.75, 3.05) is 20.8 Å². The van der Waals surface area contributed by atoms with Gasteiger partial charge in [-0.05, 0) is 42.8 Å². The largest absolute Gasteiger partial charge is 0.493 e. The molecule has 0 fully saturated rings. The molecule has 4 aromatic rings. The van der Waals surface area contributed by atoms with Crippen molar-refractivity contribution in [1.29, 1.82) is 5.26 Å². The Kier molecular flexibility index (Phi) is 6.22. The van der Waals surface area contributed by atoms with E-state index in [1.54, 1.807) is 55.7 Å². The minimum atomic E-state index is -0.156. The fourth-order valence-corrected chi connectivity index (χ4v) is 3.72. The van der Waals surface area contributed by atoms with E-state index >= 15 is 0 Å². The fourth-order valence-electron chi connectivity index (χ4n) is 3.72. The first-order valence-electron chi connectivity index (χ1n) is 10.4. The summed E-state index contributed by atoms with van der Waals surface area (Å²) in [6.07, 6.45) is 3.33. The third kappa shape index (κ3) is 4.34. The Balaban J connectivity index is 1.62. The molecule has 166 valence electrons. The number of pyridine rings is 1. The van der Waals surface area contributed by atoms with E-state index in [1.165, 1.54) is 0 Å². The number of benzene rings is 2. The Morgan fingerprint density at radius 1 is 1.21 bits per heavy atom. The quantitative estimate of drug-likeness (QED) is 0.461. The van der Waals surface area contributed by atoms with Crippen molar-refractivity contribution in [2.24, 2.45) is 0 Å². The van der Waals surface area contributed by atoms with Crippen LogP contribution in [0.4, 0.5) is 0 Å². The maximum atomic E-state index is 13.2. The minimum Gasteiger partial charge on any atom is -0.493 e. The molecular formula is C25H23N5O3. The van der Waals surface area contributed by atoms with Crippen molar-refractivity contribution >= 4 is 16.8 Å². The van der Waals surface area contributed by atoms with Crippen LogP contribution in [0, 0.1) is 11.3 Å². The maximum Gasteiger partial charge on any atom is 0.254 e. The molecule has 0 saturated carbocycles. The lowest BCUT2D eigenvalue weighted by molar-refractivity contribution is 0.0785. The van der Waals surface area contributed by atoms with Gasteiger partial charge in [-0.3, -0.25) is 9.89 Å². The highest BCUT2D eigenvalue weighted by Gasteiger charge is 2.18. The number of H-pyrrole nitrogens is 1. The summed E-state index contributed by atoms with van der Waals surface area (Å²) in [6, 6.07) is 14.8. The Morgan fingerprint density at radius 2 is 2.06 bits per heavy atom. The number of methoxy groups -OCH3 is 1. The van der Waals surface area contributed by atoms with Crippen LogP contribution in [-0.2, 0) is 6.54 Å². The van der Waals surface area contributed by atoms with E-state index in [4.69, 9.17) is 9.47 Å². The predicted molar refractivity (Wildman–Crippen MR) is 124 cm³/mol. The second kappa shape index (κ2) is 9.40. The average molecular weight is 441 g/mol. The first kappa shape index (κ1) is 21.8. The topological polar surface area (TPSA) is 104 Å². The number of aromatic amines is 1. The molecule has 0 aliphatic carbocycles. The zero-order valence-electron chi connectivity index (χ0n) is 18.6. The summed E-state index contributed by atoms with van der Waals surface area (Å²) in [5.74, 6) is 0.916. The number of hydrogen-bond donors (Lipinski definition) is 1. The summed E-state index contributed by atoms with van der Waals surface area (Å²) in [5.41, 5.74) is 4.36. The van der Waals surface area contributed by atoms with Crippen LogP contribution < -0.4 is 9.47 Å². The molecule has 2 aromatic heterocycles. The standard InChI is InChI=1S/C25H23N5O3/c1-4-33-22-11-18(8-9-20(22)17-7-5-6-16(10-17)12-26)25(31)30(2)15-19-13-27-24(32-3)21-14-28-29-23(19)21/h5-11,13-14H,4,15H2,1-3H3,(H,28,29). The number of ether oxygens (including phenoxy) is 2. The number of hydrogen-bond acceptors (Lipinski definition) is 6. The summed E-state index contributed by atoms with van der Waals surface area (Å²) in [7, 11) is 3.29. The van der Waals surface area contributed by atoms with Crippen LogP contribution in [-0.4, -0.2) is 46.8 Å². The molecule has 0 spiro atoms. The monoisotopic (exact) mass is 441 g/mol. The van der Waals surface area contributed by atoms with E-state index in [0.717, 1.165) is 27.6 Å². The molecule has 4 rings (SSSR count). The van der Waals surface area contributed by atoms with E-state index in [-0.39, 0.29) is 5.91 Å². The highest BCUT2D eigenvalue weighted by molar-refractivity contribution is 5.96. The van der Waals surface area contributed by atoms with E-state index < -0.39 is 0 Å². The Bertz CT molecular complexity index is 1360. The zero-order valence-corrected chi connectivity index (χ0v) is 18.6. The lowest BCUT2D eigenvalue weighted by atomic mass is 10.0. The van der Waals surface area contributed by atoms with Gasteiger partial charge in [-0.2, -0.15) is 10.4 Å². The van der Waals surface area contributed by atoms with Crippen molar-refractivity contribution in [2.45, 2.75) is 13.5 Å². The highest BCUT2D eigenvalue weighted by Crippen LogP contribution is 2.32. The summed E-state index contributed by atoms with van der Waals surface area (Å²) in [4.78, 5) is 19.1. The Hall–Kier alpha value is -4.38. The van der Waals surface area contributed by atoms with Crippen molar-refractivity contribution in [3.8, 4) is 28.8 Å². The smallest absolute Gasteiger partial charge is 0.254 e. The molecule has 0 saturated heterocycles. The predicted octanol–water partition coefficient (Wildman–Crippen LogP) is 4.18. The third-order valence-corrected chi connectivity index (χ3v) is 5.31. The van der Waals surface area contributed by atoms with Gasteiger partial charge < -0.3 is 14.4 Å². The van der Waals surface area contributed by atoms with Crippen LogP contribution in [0.25, 0.3) is 22.0 Å². The molecule has 8 heteroatoms. The molecule has 0 radical (unpaired) electrons. The molecule has 8 nitrogen and oxygen atoms in total. The molecule has 1 N–H and O–H groups in total. The van der Waals surface area contributed by atoms with Gasteiger partial charge in [-0.15, -0.1) is 0 Å².